The summed E-state index contributed by atoms with van der Waals surface area (Å²) >= 11 is 0. The number of hydrogen-bond donors (Lipinski definition) is 0. The summed E-state index contributed by atoms with van der Waals surface area (Å²) in [6.07, 6.45) is 0. The highest BCUT2D eigenvalue weighted by Gasteiger charge is 2.30. The lowest BCUT2D eigenvalue weighted by Gasteiger charge is -2.17. The predicted octanol–water partition coefficient (Wildman–Crippen LogP) is 2.49. The maximum atomic E-state index is 12.4. The van der Waals surface area contributed by atoms with Gasteiger partial charge in [-0.3, -0.25) is 4.79 Å². The van der Waals surface area contributed by atoms with E-state index in [1.807, 2.05) is 18.2 Å². The number of hydrogen-bond acceptors (Lipinski definition) is 4. The van der Waals surface area contributed by atoms with Gasteiger partial charge in [-0.05, 0) is 18.2 Å². The second-order valence-electron chi connectivity index (χ2n) is 4.89. The molecule has 0 saturated carbocycles. The second-order valence-corrected chi connectivity index (χ2v) is 4.89. The summed E-state index contributed by atoms with van der Waals surface area (Å²) in [6.45, 7) is 4.24. The first-order valence-corrected chi connectivity index (χ1v) is 6.76. The molecule has 1 aromatic heterocycles. The summed E-state index contributed by atoms with van der Waals surface area (Å²) in [5.74, 6) is -0.609. The van der Waals surface area contributed by atoms with Gasteiger partial charge in [0.15, 0.2) is 0 Å². The number of rotatable bonds is 3. The molecule has 0 saturated heterocycles. The molecular weight excluding hydrogens is 280 g/mol. The molecule has 3 rings (SSSR count). The van der Waals surface area contributed by atoms with E-state index >= 15 is 0 Å². The van der Waals surface area contributed by atoms with Crippen LogP contribution in [-0.2, 0) is 11.3 Å². The Bertz CT molecular complexity index is 748. The monoisotopic (exact) mass is 294 g/mol. The van der Waals surface area contributed by atoms with Gasteiger partial charge in [-0.1, -0.05) is 30.8 Å². The molecule has 0 radical (unpaired) electrons. The van der Waals surface area contributed by atoms with Crippen molar-refractivity contribution in [2.24, 2.45) is 0 Å². The Morgan fingerprint density at radius 3 is 2.59 bits per heavy atom. The molecule has 0 fully saturated rings. The number of ether oxygens (including phenoxy) is 1. The van der Waals surface area contributed by atoms with E-state index in [1.165, 1.54) is 7.11 Å². The maximum absolute atomic E-state index is 12.4. The summed E-state index contributed by atoms with van der Waals surface area (Å²) in [7, 11) is 1.30. The number of esters is 1. The van der Waals surface area contributed by atoms with Crippen LogP contribution in [0.1, 0.15) is 32.1 Å². The summed E-state index contributed by atoms with van der Waals surface area (Å²) in [4.78, 5) is 29.8. The van der Waals surface area contributed by atoms with E-state index in [0.717, 1.165) is 5.56 Å². The average molecular weight is 294 g/mol. The van der Waals surface area contributed by atoms with Crippen molar-refractivity contribution in [2.45, 2.75) is 6.54 Å². The molecule has 1 aliphatic rings. The summed E-state index contributed by atoms with van der Waals surface area (Å²) in [6, 6.07) is 12.4. The zero-order valence-corrected chi connectivity index (χ0v) is 12.1. The Morgan fingerprint density at radius 1 is 1.18 bits per heavy atom. The van der Waals surface area contributed by atoms with Crippen molar-refractivity contribution >= 4 is 17.6 Å². The average Bonchev–Trinajstić information content (AvgIpc) is 2.80. The number of carbonyl (C=O) groups is 2. The molecule has 1 aliphatic heterocycles. The number of methoxy groups -OCH3 is 1. The van der Waals surface area contributed by atoms with Gasteiger partial charge >= 0.3 is 5.97 Å². The largest absolute Gasteiger partial charge is 0.464 e. The lowest BCUT2D eigenvalue weighted by molar-refractivity contribution is 0.0593. The highest BCUT2D eigenvalue weighted by atomic mass is 16.5. The minimum Gasteiger partial charge on any atom is -0.464 e. The molecule has 22 heavy (non-hydrogen) atoms. The number of benzene rings is 1. The van der Waals surface area contributed by atoms with Crippen molar-refractivity contribution < 1.29 is 14.3 Å². The molecule has 2 aromatic rings. The van der Waals surface area contributed by atoms with Gasteiger partial charge < -0.3 is 9.64 Å². The fraction of sp³-hybridized carbons (Fsp3) is 0.118. The Balaban J connectivity index is 1.88. The van der Waals surface area contributed by atoms with Gasteiger partial charge in [0.1, 0.15) is 5.69 Å². The highest BCUT2D eigenvalue weighted by Crippen LogP contribution is 2.32. The van der Waals surface area contributed by atoms with Crippen molar-refractivity contribution in [3.05, 3.63) is 71.6 Å². The van der Waals surface area contributed by atoms with Gasteiger partial charge in [-0.2, -0.15) is 0 Å². The predicted molar refractivity (Wildman–Crippen MR) is 80.9 cm³/mol. The van der Waals surface area contributed by atoms with Crippen LogP contribution >= 0.6 is 0 Å². The third-order valence-electron chi connectivity index (χ3n) is 3.56. The zero-order chi connectivity index (χ0) is 15.7. The van der Waals surface area contributed by atoms with Crippen LogP contribution in [0.5, 0.6) is 0 Å². The van der Waals surface area contributed by atoms with Crippen molar-refractivity contribution in [1.29, 1.82) is 0 Å². The van der Waals surface area contributed by atoms with Crippen LogP contribution in [0.25, 0.3) is 5.70 Å². The number of carbonyl (C=O) groups excluding carboxylic acids is 2. The second kappa shape index (κ2) is 5.44. The van der Waals surface area contributed by atoms with E-state index in [9.17, 15) is 9.59 Å². The number of nitrogens with zero attached hydrogens (tertiary/aromatic N) is 2. The fourth-order valence-corrected chi connectivity index (χ4v) is 2.45. The minimum atomic E-state index is -0.503. The smallest absolute Gasteiger partial charge is 0.356 e. The molecular formula is C17H14N2O3. The van der Waals surface area contributed by atoms with Gasteiger partial charge in [0.05, 0.1) is 19.3 Å². The SMILES string of the molecule is C=C1c2ccccc2C(=O)N1Cc1cccc(C(=O)OC)n1. The summed E-state index contributed by atoms with van der Waals surface area (Å²) < 4.78 is 4.65. The van der Waals surface area contributed by atoms with E-state index in [2.05, 4.69) is 16.3 Å². The third-order valence-corrected chi connectivity index (χ3v) is 3.56. The molecule has 1 aromatic carbocycles. The number of amides is 1. The van der Waals surface area contributed by atoms with Crippen LogP contribution in [0.2, 0.25) is 0 Å². The van der Waals surface area contributed by atoms with Crippen LogP contribution in [-0.4, -0.2) is 28.9 Å². The van der Waals surface area contributed by atoms with Gasteiger partial charge in [-0.25, -0.2) is 9.78 Å². The van der Waals surface area contributed by atoms with Crippen molar-refractivity contribution in [3.63, 3.8) is 0 Å². The number of pyridine rings is 1. The van der Waals surface area contributed by atoms with Crippen LogP contribution < -0.4 is 0 Å². The van der Waals surface area contributed by atoms with Crippen LogP contribution in [0, 0.1) is 0 Å². The molecule has 0 bridgehead atoms. The van der Waals surface area contributed by atoms with Gasteiger partial charge in [0.25, 0.3) is 5.91 Å². The topological polar surface area (TPSA) is 59.5 Å². The van der Waals surface area contributed by atoms with E-state index < -0.39 is 5.97 Å². The molecule has 0 atom stereocenters. The first kappa shape index (κ1) is 14.0. The molecule has 2 heterocycles. The fourth-order valence-electron chi connectivity index (χ4n) is 2.45. The number of fused-ring (bicyclic) bond motifs is 1. The number of aromatic nitrogens is 1. The van der Waals surface area contributed by atoms with E-state index in [-0.39, 0.29) is 18.1 Å². The molecule has 0 unspecified atom stereocenters. The van der Waals surface area contributed by atoms with E-state index in [4.69, 9.17) is 0 Å². The Kier molecular flexibility index (Phi) is 3.47. The molecule has 110 valence electrons. The van der Waals surface area contributed by atoms with Crippen LogP contribution in [0.15, 0.2) is 49.0 Å². The maximum Gasteiger partial charge on any atom is 0.356 e. The summed E-state index contributed by atoms with van der Waals surface area (Å²) in [5, 5.41) is 0. The lowest BCUT2D eigenvalue weighted by Crippen LogP contribution is -2.23. The minimum absolute atomic E-state index is 0.106. The van der Waals surface area contributed by atoms with Crippen LogP contribution in [0.4, 0.5) is 0 Å². The van der Waals surface area contributed by atoms with E-state index in [1.54, 1.807) is 29.2 Å². The lowest BCUT2D eigenvalue weighted by atomic mass is 10.1. The molecule has 0 aliphatic carbocycles. The molecule has 5 nitrogen and oxygen atoms in total. The van der Waals surface area contributed by atoms with Gasteiger partial charge in [-0.15, -0.1) is 0 Å². The Labute approximate surface area is 127 Å². The quantitative estimate of drug-likeness (QED) is 0.816. The van der Waals surface area contributed by atoms with Crippen molar-refractivity contribution in [3.8, 4) is 0 Å². The van der Waals surface area contributed by atoms with E-state index in [0.29, 0.717) is 17.0 Å². The van der Waals surface area contributed by atoms with Gasteiger partial charge in [0, 0.05) is 16.8 Å². The highest BCUT2D eigenvalue weighted by molar-refractivity contribution is 6.08. The molecule has 0 N–H and O–H groups in total. The first-order valence-electron chi connectivity index (χ1n) is 6.76. The molecule has 5 heteroatoms. The van der Waals surface area contributed by atoms with Crippen molar-refractivity contribution in [1.82, 2.24) is 9.88 Å². The molecule has 1 amide bonds. The zero-order valence-electron chi connectivity index (χ0n) is 12.1. The molecule has 0 spiro atoms. The Hall–Kier alpha value is -2.95. The van der Waals surface area contributed by atoms with Crippen molar-refractivity contribution in [2.75, 3.05) is 7.11 Å². The third kappa shape index (κ3) is 2.26. The normalized spacial score (nSPS) is 13.2. The van der Waals surface area contributed by atoms with Gasteiger partial charge in [0.2, 0.25) is 0 Å². The Morgan fingerprint density at radius 2 is 1.91 bits per heavy atom. The van der Waals surface area contributed by atoms with Crippen LogP contribution in [0.3, 0.4) is 0 Å². The summed E-state index contributed by atoms with van der Waals surface area (Å²) in [5.41, 5.74) is 2.93. The standard InChI is InChI=1S/C17H14N2O3/c1-11-13-7-3-4-8-14(13)16(20)19(11)10-12-6-5-9-15(18-12)17(21)22-2/h3-9H,1,10H2,2H3. The first-order chi connectivity index (χ1) is 10.6.